The molecule has 0 fully saturated rings. The second-order valence-corrected chi connectivity index (χ2v) is 1.52. The second-order valence-electron chi connectivity index (χ2n) is 1.52. The molecule has 0 atom stereocenters. The van der Waals surface area contributed by atoms with E-state index >= 15 is 0 Å². The van der Waals surface area contributed by atoms with Crippen molar-refractivity contribution in [1.82, 2.24) is 10.2 Å². The normalized spacial score (nSPS) is 8.11. The van der Waals surface area contributed by atoms with Crippen molar-refractivity contribution in [2.45, 2.75) is 6.92 Å². The van der Waals surface area contributed by atoms with Gasteiger partial charge in [-0.2, -0.15) is 5.10 Å². The molecule has 48 valence electrons. The third-order valence-corrected chi connectivity index (χ3v) is 0.861. The maximum absolute atomic E-state index is 10.4. The van der Waals surface area contributed by atoms with Crippen LogP contribution >= 0.6 is 0 Å². The molecule has 1 aromatic heterocycles. The third-order valence-electron chi connectivity index (χ3n) is 0.861. The molecule has 1 N–H and O–H groups in total. The number of aromatic nitrogens is 2. The smallest absolute Gasteiger partial charge is 0.179 e. The molecule has 0 bridgehead atoms. The number of carbonyl (C=O) groups is 1. The number of Topliss-reactive ketones (excluding diaryl/α,β-unsaturated/α-hetero) is 1. The van der Waals surface area contributed by atoms with E-state index in [1.807, 2.05) is 0 Å². The van der Waals surface area contributed by atoms with E-state index in [0.29, 0.717) is 5.69 Å². The van der Waals surface area contributed by atoms with Gasteiger partial charge in [0, 0.05) is 18.6 Å². The Labute approximate surface area is 52.2 Å². The van der Waals surface area contributed by atoms with Crippen molar-refractivity contribution in [1.29, 1.82) is 0 Å². The minimum atomic E-state index is -0.00810. The van der Waals surface area contributed by atoms with Crippen LogP contribution in [0.25, 0.3) is 0 Å². The fourth-order valence-corrected chi connectivity index (χ4v) is 0.456. The van der Waals surface area contributed by atoms with Crippen molar-refractivity contribution in [2.75, 3.05) is 0 Å². The van der Waals surface area contributed by atoms with E-state index in [1.165, 1.54) is 6.92 Å². The van der Waals surface area contributed by atoms with Crippen LogP contribution < -0.4 is 0 Å². The van der Waals surface area contributed by atoms with Crippen LogP contribution in [0.5, 0.6) is 0 Å². The number of carbonyl (C=O) groups excluding carboxylic acids is 1. The van der Waals surface area contributed by atoms with Crippen molar-refractivity contribution in [2.24, 2.45) is 0 Å². The van der Waals surface area contributed by atoms with Crippen LogP contribution in [0.4, 0.5) is 0 Å². The molecule has 0 aliphatic rings. The summed E-state index contributed by atoms with van der Waals surface area (Å²) >= 11 is 0. The van der Waals surface area contributed by atoms with Crippen LogP contribution in [0, 0.1) is 0 Å². The molecule has 9 heavy (non-hydrogen) atoms. The monoisotopic (exact) mass is 126 g/mol. The lowest BCUT2D eigenvalue weighted by Crippen LogP contribution is -1.90. The molecule has 0 unspecified atom stereocenters. The summed E-state index contributed by atoms with van der Waals surface area (Å²) in [6.45, 7) is 1.48. The Morgan fingerprint density at radius 2 is 2.44 bits per heavy atom. The number of hydrogen-bond donors (Lipinski definition) is 1. The Kier molecular flexibility index (Phi) is 2.60. The summed E-state index contributed by atoms with van der Waals surface area (Å²) in [5, 5.41) is 6.18. The number of ketones is 1. The van der Waals surface area contributed by atoms with Gasteiger partial charge in [0.05, 0.1) is 0 Å². The fraction of sp³-hybridized carbons (Fsp3) is 0.200. The van der Waals surface area contributed by atoms with E-state index < -0.39 is 0 Å². The van der Waals surface area contributed by atoms with Gasteiger partial charge in [0.25, 0.3) is 0 Å². The SMILES string of the molecule is CC(=O)c1cc[nH]n1.[O]. The second kappa shape index (κ2) is 2.99. The van der Waals surface area contributed by atoms with Crippen LogP contribution in [0.2, 0.25) is 0 Å². The van der Waals surface area contributed by atoms with E-state index in [0.717, 1.165) is 0 Å². The van der Waals surface area contributed by atoms with E-state index in [2.05, 4.69) is 10.2 Å². The van der Waals surface area contributed by atoms with E-state index in [4.69, 9.17) is 0 Å². The zero-order valence-corrected chi connectivity index (χ0v) is 4.92. The highest BCUT2D eigenvalue weighted by Crippen LogP contribution is 1.90. The van der Waals surface area contributed by atoms with Crippen molar-refractivity contribution in [3.63, 3.8) is 0 Å². The summed E-state index contributed by atoms with van der Waals surface area (Å²) in [7, 11) is 0. The first-order valence-corrected chi connectivity index (χ1v) is 2.31. The first kappa shape index (κ1) is 7.84. The van der Waals surface area contributed by atoms with Gasteiger partial charge in [-0.25, -0.2) is 0 Å². The molecule has 0 saturated carbocycles. The van der Waals surface area contributed by atoms with Crippen molar-refractivity contribution in [3.8, 4) is 0 Å². The Bertz CT molecular complexity index is 181. The van der Waals surface area contributed by atoms with E-state index in [-0.39, 0.29) is 11.3 Å². The third kappa shape index (κ3) is 1.65. The highest BCUT2D eigenvalue weighted by Gasteiger charge is 1.96. The Morgan fingerprint density at radius 3 is 2.67 bits per heavy atom. The summed E-state index contributed by atoms with van der Waals surface area (Å²) in [5.41, 5.74) is 0.491. The summed E-state index contributed by atoms with van der Waals surface area (Å²) in [4.78, 5) is 10.4. The van der Waals surface area contributed by atoms with E-state index in [9.17, 15) is 4.79 Å². The Hall–Kier alpha value is -1.16. The zero-order valence-electron chi connectivity index (χ0n) is 4.92. The van der Waals surface area contributed by atoms with Crippen molar-refractivity contribution in [3.05, 3.63) is 18.0 Å². The van der Waals surface area contributed by atoms with Crippen LogP contribution in [0.3, 0.4) is 0 Å². The Balaban J connectivity index is 0.000000640. The predicted molar refractivity (Wildman–Crippen MR) is 29.3 cm³/mol. The maximum Gasteiger partial charge on any atom is 0.179 e. The van der Waals surface area contributed by atoms with Crippen LogP contribution in [0.15, 0.2) is 12.3 Å². The van der Waals surface area contributed by atoms with Gasteiger partial charge in [-0.15, -0.1) is 0 Å². The van der Waals surface area contributed by atoms with Crippen LogP contribution in [-0.2, 0) is 5.48 Å². The molecule has 0 amide bonds. The molecule has 1 rings (SSSR count). The topological polar surface area (TPSA) is 74.2 Å². The molecular formula is C5H6N2O2. The molecule has 4 heteroatoms. The van der Waals surface area contributed by atoms with Gasteiger partial charge in [-0.1, -0.05) is 0 Å². The molecule has 0 aromatic carbocycles. The lowest BCUT2D eigenvalue weighted by atomic mass is 10.3. The van der Waals surface area contributed by atoms with Gasteiger partial charge >= 0.3 is 0 Å². The van der Waals surface area contributed by atoms with Gasteiger partial charge in [0.2, 0.25) is 0 Å². The molecule has 0 aliphatic carbocycles. The Morgan fingerprint density at radius 1 is 1.78 bits per heavy atom. The lowest BCUT2D eigenvalue weighted by Gasteiger charge is -1.78. The molecular weight excluding hydrogens is 120 g/mol. The predicted octanol–water partition coefficient (Wildman–Crippen LogP) is 0.493. The van der Waals surface area contributed by atoms with Crippen molar-refractivity contribution < 1.29 is 10.3 Å². The molecule has 1 heterocycles. The first-order valence-electron chi connectivity index (χ1n) is 2.31. The molecule has 0 spiro atoms. The summed E-state index contributed by atoms with van der Waals surface area (Å²) < 4.78 is 0. The summed E-state index contributed by atoms with van der Waals surface area (Å²) in [6.07, 6.45) is 1.62. The largest absolute Gasteiger partial charge is 0.293 e. The number of H-pyrrole nitrogens is 1. The molecule has 2 radical (unpaired) electrons. The highest BCUT2D eigenvalue weighted by molar-refractivity contribution is 5.91. The molecule has 4 nitrogen and oxygen atoms in total. The first-order chi connectivity index (χ1) is 3.80. The van der Waals surface area contributed by atoms with Gasteiger partial charge in [0.1, 0.15) is 5.69 Å². The standard InChI is InChI=1S/C5H6N2O.O/c1-4(8)5-2-3-6-7-5;/h2-3H,1H3,(H,6,7);. The fourth-order valence-electron chi connectivity index (χ4n) is 0.456. The maximum atomic E-state index is 10.4. The lowest BCUT2D eigenvalue weighted by molar-refractivity contribution is 0.101. The van der Waals surface area contributed by atoms with Crippen molar-refractivity contribution >= 4 is 5.78 Å². The quantitative estimate of drug-likeness (QED) is 0.556. The van der Waals surface area contributed by atoms with Crippen LogP contribution in [0.1, 0.15) is 17.4 Å². The number of aromatic amines is 1. The van der Waals surface area contributed by atoms with Gasteiger partial charge in [-0.05, 0) is 6.07 Å². The number of nitrogens with zero attached hydrogens (tertiary/aromatic N) is 1. The van der Waals surface area contributed by atoms with Gasteiger partial charge in [-0.3, -0.25) is 9.89 Å². The summed E-state index contributed by atoms with van der Waals surface area (Å²) in [5.74, 6) is -0.00810. The molecule has 0 saturated heterocycles. The minimum Gasteiger partial charge on any atom is -0.293 e. The average Bonchev–Trinajstić information content (AvgIpc) is 2.12. The summed E-state index contributed by atoms with van der Waals surface area (Å²) in [6, 6.07) is 1.64. The minimum absolute atomic E-state index is 0. The number of hydrogen-bond acceptors (Lipinski definition) is 2. The number of nitrogens with one attached hydrogen (secondary N) is 1. The van der Waals surface area contributed by atoms with Gasteiger partial charge < -0.3 is 0 Å². The van der Waals surface area contributed by atoms with E-state index in [1.54, 1.807) is 12.3 Å². The molecule has 1 aromatic rings. The average molecular weight is 126 g/mol. The highest BCUT2D eigenvalue weighted by atomic mass is 16.1. The van der Waals surface area contributed by atoms with Crippen LogP contribution in [-0.4, -0.2) is 16.0 Å². The zero-order chi connectivity index (χ0) is 5.98. The number of rotatable bonds is 1. The molecule has 0 aliphatic heterocycles. The van der Waals surface area contributed by atoms with Gasteiger partial charge in [0.15, 0.2) is 5.78 Å².